The molecule has 246 valence electrons. The minimum Gasteiger partial charge on any atom is -0.472 e. The maximum atomic E-state index is 6.50. The minimum absolute atomic E-state index is 0.000147. The van der Waals surface area contributed by atoms with Gasteiger partial charge in [0.15, 0.2) is 0 Å². The summed E-state index contributed by atoms with van der Waals surface area (Å²) < 4.78 is 13.0. The highest BCUT2D eigenvalue weighted by atomic mass is 31.1. The first-order chi connectivity index (χ1) is 21.1. The van der Waals surface area contributed by atoms with Gasteiger partial charge in [0.05, 0.1) is 0 Å². The Kier molecular flexibility index (Phi) is 10.6. The Balaban J connectivity index is 1.45. The third-order valence-corrected chi connectivity index (χ3v) is 10.3. The molecule has 2 nitrogen and oxygen atoms in total. The van der Waals surface area contributed by atoms with Crippen molar-refractivity contribution in [1.29, 1.82) is 0 Å². The molecule has 0 radical (unpaired) electrons. The SMILES string of the molecule is Cc1cc(OPc2ccc(-c3ccc(POc4cc(C)c(C(C)(C)C)cc4C(C)(C)C)cc3)cc2)c(C(C)(C)C)cc1C(C)(C)C. The van der Waals surface area contributed by atoms with Crippen LogP contribution in [0.4, 0.5) is 0 Å². The van der Waals surface area contributed by atoms with Gasteiger partial charge in [-0.25, -0.2) is 0 Å². The first kappa shape index (κ1) is 36.2. The van der Waals surface area contributed by atoms with Gasteiger partial charge < -0.3 is 9.05 Å². The largest absolute Gasteiger partial charge is 0.472 e. The molecule has 46 heavy (non-hydrogen) atoms. The van der Waals surface area contributed by atoms with Crippen molar-refractivity contribution < 1.29 is 9.05 Å². The fourth-order valence-corrected chi connectivity index (χ4v) is 7.41. The average Bonchev–Trinajstić information content (AvgIpc) is 2.93. The highest BCUT2D eigenvalue weighted by molar-refractivity contribution is 7.42. The summed E-state index contributed by atoms with van der Waals surface area (Å²) in [5, 5.41) is 2.38. The summed E-state index contributed by atoms with van der Waals surface area (Å²) in [4.78, 5) is 0. The van der Waals surface area contributed by atoms with Gasteiger partial charge in [-0.2, -0.15) is 0 Å². The molecule has 2 unspecified atom stereocenters. The summed E-state index contributed by atoms with van der Waals surface area (Å²) >= 11 is 0. The van der Waals surface area contributed by atoms with Crippen LogP contribution in [0.2, 0.25) is 0 Å². The van der Waals surface area contributed by atoms with E-state index in [4.69, 9.17) is 9.05 Å². The molecular weight excluding hydrogens is 598 g/mol. The zero-order valence-electron chi connectivity index (χ0n) is 30.7. The maximum Gasteiger partial charge on any atom is 0.127 e. The van der Waals surface area contributed by atoms with Crippen LogP contribution >= 0.6 is 17.6 Å². The summed E-state index contributed by atoms with van der Waals surface area (Å²) in [7, 11) is 0.498. The second kappa shape index (κ2) is 13.5. The lowest BCUT2D eigenvalue weighted by atomic mass is 9.78. The standard InChI is InChI=1S/C42H56O2P2/c1-27-23-37(35(41(9,10)11)25-33(27)39(3,4)5)43-45-31-19-15-29(16-20-31)30-17-21-32(22-18-30)46-44-38-24-28(2)34(40(6,7)8)26-36(38)42(12,13)14/h15-26,45-46H,1-14H3. The Labute approximate surface area is 283 Å². The molecule has 0 aliphatic heterocycles. The van der Waals surface area contributed by atoms with Gasteiger partial charge in [0, 0.05) is 21.7 Å². The lowest BCUT2D eigenvalue weighted by molar-refractivity contribution is 0.531. The topological polar surface area (TPSA) is 18.5 Å². The van der Waals surface area contributed by atoms with Crippen LogP contribution in [0.25, 0.3) is 11.1 Å². The third kappa shape index (κ3) is 8.82. The van der Waals surface area contributed by atoms with Gasteiger partial charge in [-0.15, -0.1) is 0 Å². The molecule has 0 saturated carbocycles. The van der Waals surface area contributed by atoms with E-state index in [9.17, 15) is 0 Å². The zero-order valence-corrected chi connectivity index (χ0v) is 32.7. The van der Waals surface area contributed by atoms with Crippen LogP contribution in [-0.2, 0) is 21.7 Å². The summed E-state index contributed by atoms with van der Waals surface area (Å²) in [6.45, 7) is 31.7. The number of aryl methyl sites for hydroxylation is 2. The monoisotopic (exact) mass is 654 g/mol. The summed E-state index contributed by atoms with van der Waals surface area (Å²) in [5.74, 6) is 1.99. The molecule has 0 spiro atoms. The van der Waals surface area contributed by atoms with Crippen LogP contribution in [0.3, 0.4) is 0 Å². The first-order valence-corrected chi connectivity index (χ1v) is 18.3. The zero-order chi connectivity index (χ0) is 34.2. The van der Waals surface area contributed by atoms with Gasteiger partial charge in [0.1, 0.15) is 29.1 Å². The Morgan fingerprint density at radius 2 is 0.674 bits per heavy atom. The summed E-state index contributed by atoms with van der Waals surface area (Å²) in [5.41, 5.74) is 10.5. The third-order valence-electron chi connectivity index (χ3n) is 8.55. The van der Waals surface area contributed by atoms with Crippen molar-refractivity contribution in [2.45, 2.75) is 119 Å². The van der Waals surface area contributed by atoms with Crippen LogP contribution in [0, 0.1) is 13.8 Å². The van der Waals surface area contributed by atoms with Crippen LogP contribution in [-0.4, -0.2) is 0 Å². The van der Waals surface area contributed by atoms with Crippen molar-refractivity contribution >= 4 is 28.2 Å². The molecule has 0 N–H and O–H groups in total. The van der Waals surface area contributed by atoms with Gasteiger partial charge in [0.25, 0.3) is 0 Å². The van der Waals surface area contributed by atoms with Crippen molar-refractivity contribution in [3.63, 3.8) is 0 Å². The summed E-state index contributed by atoms with van der Waals surface area (Å²) in [6.07, 6.45) is 0. The quantitative estimate of drug-likeness (QED) is 0.185. The van der Waals surface area contributed by atoms with Crippen LogP contribution in [0.1, 0.15) is 116 Å². The Hall–Kier alpha value is -2.66. The van der Waals surface area contributed by atoms with Crippen LogP contribution in [0.15, 0.2) is 72.8 Å². The second-order valence-corrected chi connectivity index (χ2v) is 18.9. The lowest BCUT2D eigenvalue weighted by Gasteiger charge is -2.29. The van der Waals surface area contributed by atoms with Gasteiger partial charge in [-0.1, -0.05) is 144 Å². The number of hydrogen-bond acceptors (Lipinski definition) is 2. The summed E-state index contributed by atoms with van der Waals surface area (Å²) in [6, 6.07) is 26.8. The van der Waals surface area contributed by atoms with E-state index in [1.807, 2.05) is 0 Å². The molecule has 4 rings (SSSR count). The molecule has 0 heterocycles. The van der Waals surface area contributed by atoms with Gasteiger partial charge >= 0.3 is 0 Å². The van der Waals surface area contributed by atoms with E-state index in [1.54, 1.807) is 0 Å². The minimum atomic E-state index is -0.000147. The van der Waals surface area contributed by atoms with E-state index in [2.05, 4.69) is 170 Å². The van der Waals surface area contributed by atoms with E-state index < -0.39 is 0 Å². The van der Waals surface area contributed by atoms with Crippen molar-refractivity contribution in [3.8, 4) is 22.6 Å². The highest BCUT2D eigenvalue weighted by Crippen LogP contribution is 2.41. The molecule has 4 aromatic carbocycles. The molecule has 0 saturated heterocycles. The van der Waals surface area contributed by atoms with E-state index in [-0.39, 0.29) is 39.3 Å². The predicted molar refractivity (Wildman–Crippen MR) is 206 cm³/mol. The molecule has 0 amide bonds. The number of hydrogen-bond donors (Lipinski definition) is 0. The van der Waals surface area contributed by atoms with Gasteiger partial charge in [-0.05, 0) is 81.0 Å². The molecule has 4 heteroatoms. The van der Waals surface area contributed by atoms with Crippen LogP contribution in [0.5, 0.6) is 11.5 Å². The molecule has 0 aromatic heterocycles. The van der Waals surface area contributed by atoms with Crippen LogP contribution < -0.4 is 19.7 Å². The molecule has 0 aliphatic rings. The normalized spacial score (nSPS) is 13.3. The first-order valence-electron chi connectivity index (χ1n) is 16.5. The Morgan fingerprint density at radius 3 is 0.935 bits per heavy atom. The van der Waals surface area contributed by atoms with Crippen molar-refractivity contribution in [2.75, 3.05) is 0 Å². The van der Waals surface area contributed by atoms with Gasteiger partial charge in [-0.3, -0.25) is 0 Å². The van der Waals surface area contributed by atoms with E-state index in [0.717, 1.165) is 11.5 Å². The Bertz CT molecular complexity index is 1530. The molecular formula is C42H56O2P2. The lowest BCUT2D eigenvalue weighted by Crippen LogP contribution is -2.18. The molecule has 2 atom stereocenters. The number of rotatable bonds is 7. The fourth-order valence-electron chi connectivity index (χ4n) is 6.01. The fraction of sp³-hybridized carbons (Fsp3) is 0.429. The molecule has 0 aliphatic carbocycles. The van der Waals surface area contributed by atoms with E-state index in [1.165, 1.54) is 55.1 Å². The second-order valence-electron chi connectivity index (χ2n) is 16.9. The predicted octanol–water partition coefficient (Wildman–Crippen LogP) is 11.8. The Morgan fingerprint density at radius 1 is 0.391 bits per heavy atom. The van der Waals surface area contributed by atoms with E-state index >= 15 is 0 Å². The van der Waals surface area contributed by atoms with Crippen molar-refractivity contribution in [1.82, 2.24) is 0 Å². The molecule has 0 fully saturated rings. The van der Waals surface area contributed by atoms with Crippen molar-refractivity contribution in [3.05, 3.63) is 106 Å². The van der Waals surface area contributed by atoms with E-state index in [0.29, 0.717) is 0 Å². The van der Waals surface area contributed by atoms with Gasteiger partial charge in [0.2, 0.25) is 0 Å². The molecule has 0 bridgehead atoms. The highest BCUT2D eigenvalue weighted by Gasteiger charge is 2.26. The molecule has 4 aromatic rings. The maximum absolute atomic E-state index is 6.50. The number of benzene rings is 4. The smallest absolute Gasteiger partial charge is 0.127 e. The van der Waals surface area contributed by atoms with Crippen molar-refractivity contribution in [2.24, 2.45) is 0 Å². The average molecular weight is 655 g/mol.